The number of nitro groups is 1. The van der Waals surface area contributed by atoms with E-state index in [1.165, 1.54) is 0 Å². The second kappa shape index (κ2) is 6.20. The molecule has 2 aromatic carbocycles. The maximum Gasteiger partial charge on any atom is 0.288 e. The van der Waals surface area contributed by atoms with Crippen LogP contribution in [0.1, 0.15) is 29.5 Å². The Morgan fingerprint density at radius 2 is 1.92 bits per heavy atom. The van der Waals surface area contributed by atoms with Crippen LogP contribution >= 0.6 is 34.8 Å². The third kappa shape index (κ3) is 2.78. The van der Waals surface area contributed by atoms with Crippen molar-refractivity contribution in [3.63, 3.8) is 0 Å². The van der Waals surface area contributed by atoms with Crippen molar-refractivity contribution in [1.29, 1.82) is 0 Å². The van der Waals surface area contributed by atoms with Gasteiger partial charge in [-0.05, 0) is 41.7 Å². The number of halogens is 3. The summed E-state index contributed by atoms with van der Waals surface area (Å²) in [6.45, 7) is 0. The lowest BCUT2D eigenvalue weighted by Gasteiger charge is -2.38. The average molecular weight is 396 g/mol. The van der Waals surface area contributed by atoms with Crippen LogP contribution in [0.4, 0.5) is 11.4 Å². The van der Waals surface area contributed by atoms with Crippen LogP contribution in [0.5, 0.6) is 0 Å². The number of fused-ring (bicyclic) bond motifs is 3. The predicted molar refractivity (Wildman–Crippen MR) is 101 cm³/mol. The Morgan fingerprint density at radius 3 is 2.68 bits per heavy atom. The molecular formula is C18H13Cl3N2O2. The molecule has 0 spiro atoms. The van der Waals surface area contributed by atoms with Gasteiger partial charge < -0.3 is 5.32 Å². The highest BCUT2D eigenvalue weighted by molar-refractivity contribution is 6.36. The number of nitrogens with one attached hydrogen (secondary N) is 1. The Kier molecular flexibility index (Phi) is 4.14. The molecule has 1 aliphatic heterocycles. The van der Waals surface area contributed by atoms with Crippen LogP contribution in [0.15, 0.2) is 42.5 Å². The summed E-state index contributed by atoms with van der Waals surface area (Å²) in [4.78, 5) is 10.8. The van der Waals surface area contributed by atoms with Crippen molar-refractivity contribution in [2.75, 3.05) is 5.32 Å². The molecule has 0 fully saturated rings. The first-order valence-corrected chi connectivity index (χ1v) is 8.95. The molecule has 1 aliphatic carbocycles. The lowest BCUT2D eigenvalue weighted by Crippen LogP contribution is -2.29. The normalized spacial score (nSPS) is 23.7. The van der Waals surface area contributed by atoms with E-state index in [0.29, 0.717) is 10.0 Å². The lowest BCUT2D eigenvalue weighted by molar-refractivity contribution is -0.384. The molecule has 2 aromatic rings. The van der Waals surface area contributed by atoms with Crippen LogP contribution in [-0.2, 0) is 0 Å². The van der Waals surface area contributed by atoms with Gasteiger partial charge in [-0.25, -0.2) is 0 Å². The quantitative estimate of drug-likeness (QED) is 0.364. The Bertz CT molecular complexity index is 913. The van der Waals surface area contributed by atoms with Crippen LogP contribution in [0, 0.1) is 16.0 Å². The summed E-state index contributed by atoms with van der Waals surface area (Å²) in [5.41, 5.74) is 2.64. The first kappa shape index (κ1) is 16.7. The number of anilines is 1. The van der Waals surface area contributed by atoms with E-state index < -0.39 is 4.92 Å². The Labute approximate surface area is 159 Å². The van der Waals surface area contributed by atoms with Gasteiger partial charge in [-0.15, -0.1) is 0 Å². The minimum Gasteiger partial charge on any atom is -0.376 e. The molecule has 0 bridgehead atoms. The zero-order chi connectivity index (χ0) is 17.7. The third-order valence-electron chi connectivity index (χ3n) is 4.91. The minimum atomic E-state index is -0.459. The Hall–Kier alpha value is -1.75. The molecule has 128 valence electrons. The maximum atomic E-state index is 11.2. The molecule has 0 aromatic heterocycles. The molecule has 0 radical (unpaired) electrons. The predicted octanol–water partition coefficient (Wildman–Crippen LogP) is 6.38. The van der Waals surface area contributed by atoms with Gasteiger partial charge in [0.05, 0.1) is 21.7 Å². The topological polar surface area (TPSA) is 55.2 Å². The highest BCUT2D eigenvalue weighted by Crippen LogP contribution is 2.52. The molecule has 0 saturated heterocycles. The SMILES string of the molecule is O=[N+]([O-])c1cc([C@H]2Nc3c(Cl)cc(Cl)cc3[C@H]3C=CC[C@H]32)ccc1Cl. The van der Waals surface area contributed by atoms with Gasteiger partial charge in [-0.3, -0.25) is 10.1 Å². The number of nitrogens with zero attached hydrogens (tertiary/aromatic N) is 1. The molecule has 0 saturated carbocycles. The van der Waals surface area contributed by atoms with Gasteiger partial charge in [0.2, 0.25) is 0 Å². The molecular weight excluding hydrogens is 383 g/mol. The number of nitro benzene ring substituents is 1. The molecule has 7 heteroatoms. The van der Waals surface area contributed by atoms with Gasteiger partial charge in [0, 0.05) is 17.0 Å². The van der Waals surface area contributed by atoms with E-state index in [9.17, 15) is 10.1 Å². The number of benzene rings is 2. The number of rotatable bonds is 2. The fourth-order valence-electron chi connectivity index (χ4n) is 3.81. The molecule has 0 unspecified atom stereocenters. The average Bonchev–Trinajstić information content (AvgIpc) is 3.04. The van der Waals surface area contributed by atoms with Crippen molar-refractivity contribution in [3.8, 4) is 0 Å². The van der Waals surface area contributed by atoms with E-state index in [1.807, 2.05) is 12.1 Å². The Morgan fingerprint density at radius 1 is 1.12 bits per heavy atom. The minimum absolute atomic E-state index is 0.0866. The molecule has 2 aliphatic rings. The summed E-state index contributed by atoms with van der Waals surface area (Å²) in [5.74, 6) is 0.412. The van der Waals surface area contributed by atoms with Gasteiger partial charge in [-0.1, -0.05) is 53.0 Å². The number of hydrogen-bond donors (Lipinski definition) is 1. The van der Waals surface area contributed by atoms with E-state index in [1.54, 1.807) is 18.2 Å². The second-order valence-corrected chi connectivity index (χ2v) is 7.55. The van der Waals surface area contributed by atoms with Gasteiger partial charge in [-0.2, -0.15) is 0 Å². The van der Waals surface area contributed by atoms with Gasteiger partial charge in [0.1, 0.15) is 5.02 Å². The fourth-order valence-corrected chi connectivity index (χ4v) is 4.56. The second-order valence-electron chi connectivity index (χ2n) is 6.30. The summed E-state index contributed by atoms with van der Waals surface area (Å²) in [6.07, 6.45) is 5.18. The van der Waals surface area contributed by atoms with Crippen molar-refractivity contribution < 1.29 is 4.92 Å². The van der Waals surface area contributed by atoms with Crippen molar-refractivity contribution in [1.82, 2.24) is 0 Å². The molecule has 25 heavy (non-hydrogen) atoms. The lowest BCUT2D eigenvalue weighted by atomic mass is 9.77. The third-order valence-corrected chi connectivity index (χ3v) is 5.75. The van der Waals surface area contributed by atoms with Crippen molar-refractivity contribution in [2.45, 2.75) is 18.4 Å². The zero-order valence-electron chi connectivity index (χ0n) is 12.9. The summed E-state index contributed by atoms with van der Waals surface area (Å²) in [7, 11) is 0. The summed E-state index contributed by atoms with van der Waals surface area (Å²) in [6, 6.07) is 8.50. The number of allylic oxidation sites excluding steroid dienone is 2. The number of hydrogen-bond acceptors (Lipinski definition) is 3. The van der Waals surface area contributed by atoms with Crippen LogP contribution < -0.4 is 5.32 Å². The summed E-state index contributed by atoms with van der Waals surface area (Å²) < 4.78 is 0. The highest BCUT2D eigenvalue weighted by atomic mass is 35.5. The largest absolute Gasteiger partial charge is 0.376 e. The van der Waals surface area contributed by atoms with Crippen molar-refractivity contribution in [2.24, 2.45) is 5.92 Å². The van der Waals surface area contributed by atoms with E-state index in [4.69, 9.17) is 34.8 Å². The molecule has 1 N–H and O–H groups in total. The Balaban J connectivity index is 1.82. The zero-order valence-corrected chi connectivity index (χ0v) is 15.1. The highest BCUT2D eigenvalue weighted by Gasteiger charge is 2.39. The summed E-state index contributed by atoms with van der Waals surface area (Å²) >= 11 is 18.5. The van der Waals surface area contributed by atoms with E-state index >= 15 is 0 Å². The van der Waals surface area contributed by atoms with Crippen molar-refractivity contribution in [3.05, 3.63) is 78.8 Å². The molecule has 0 amide bonds. The van der Waals surface area contributed by atoms with E-state index in [0.717, 1.165) is 23.2 Å². The van der Waals surface area contributed by atoms with Crippen LogP contribution in [0.3, 0.4) is 0 Å². The first-order chi connectivity index (χ1) is 12.0. The van der Waals surface area contributed by atoms with Gasteiger partial charge in [0.25, 0.3) is 5.69 Å². The molecule has 4 nitrogen and oxygen atoms in total. The van der Waals surface area contributed by atoms with E-state index in [-0.39, 0.29) is 28.6 Å². The van der Waals surface area contributed by atoms with Gasteiger partial charge in [0.15, 0.2) is 0 Å². The van der Waals surface area contributed by atoms with Crippen LogP contribution in [-0.4, -0.2) is 4.92 Å². The molecule has 4 rings (SSSR count). The first-order valence-electron chi connectivity index (χ1n) is 7.81. The van der Waals surface area contributed by atoms with Gasteiger partial charge >= 0.3 is 0 Å². The standard InChI is InChI=1S/C18H13Cl3N2O2/c19-10-7-13-11-2-1-3-12(11)17(22-18(13)15(21)8-10)9-4-5-14(20)16(6-9)23(24)25/h1-2,4-8,11-12,17,22H,3H2/t11-,12+,17+/m0/s1. The van der Waals surface area contributed by atoms with Crippen LogP contribution in [0.2, 0.25) is 15.1 Å². The molecule has 1 heterocycles. The fraction of sp³-hybridized carbons (Fsp3) is 0.222. The monoisotopic (exact) mass is 394 g/mol. The van der Waals surface area contributed by atoms with E-state index in [2.05, 4.69) is 17.5 Å². The van der Waals surface area contributed by atoms with Crippen molar-refractivity contribution >= 4 is 46.2 Å². The summed E-state index contributed by atoms with van der Waals surface area (Å²) in [5, 5.41) is 16.0. The maximum absolute atomic E-state index is 11.2. The molecule has 3 atom stereocenters. The van der Waals surface area contributed by atoms with Crippen LogP contribution in [0.25, 0.3) is 0 Å². The smallest absolute Gasteiger partial charge is 0.288 e.